The molecular formula is C12H11FeNO. The summed E-state index contributed by atoms with van der Waals surface area (Å²) in [6.07, 6.45) is 1.85. The summed E-state index contributed by atoms with van der Waals surface area (Å²) in [6, 6.07) is 0. The van der Waals surface area contributed by atoms with Gasteiger partial charge in [0.15, 0.2) is 0 Å². The van der Waals surface area contributed by atoms with Gasteiger partial charge in [0.2, 0.25) is 0 Å². The Bertz CT molecular complexity index is 891. The normalized spacial score (nSPS) is 133. The molecule has 3 heteroatoms. The first-order valence-corrected chi connectivity index (χ1v) is 12.6. The Morgan fingerprint density at radius 2 is 1.53 bits per heavy atom. The molecule has 4 atom stereocenters. The Morgan fingerprint density at radius 1 is 1.00 bits per heavy atom. The molecule has 0 aliphatic carbocycles. The molecule has 10 heterocycles. The van der Waals surface area contributed by atoms with Crippen LogP contribution in [0.4, 0.5) is 0 Å². The number of rotatable bonds is 2. The first kappa shape index (κ1) is 5.04. The van der Waals surface area contributed by atoms with Crippen molar-refractivity contribution < 1.29 is 11.3 Å². The average Bonchev–Trinajstić information content (AvgIpc) is 3.18. The number of fused-ring (bicyclic) bond motifs is 10. The van der Waals surface area contributed by atoms with Crippen LogP contribution in [0.5, 0.6) is 0 Å². The van der Waals surface area contributed by atoms with E-state index in [1.807, 2.05) is 6.08 Å². The van der Waals surface area contributed by atoms with Crippen LogP contribution in [0, 0.1) is 0 Å². The minimum atomic E-state index is -2.84. The molecule has 0 bridgehead atoms. The van der Waals surface area contributed by atoms with E-state index < -0.39 is 6.51 Å². The summed E-state index contributed by atoms with van der Waals surface area (Å²) in [7, 11) is 0. The molecule has 0 radical (unpaired) electrons. The molecule has 78 valence electrons. The molecule has 0 N–H and O–H groups in total. The summed E-state index contributed by atoms with van der Waals surface area (Å²) in [4.78, 5) is 26.7. The molecule has 10 rings (SSSR count). The van der Waals surface area contributed by atoms with Gasteiger partial charge in [-0.1, -0.05) is 0 Å². The summed E-state index contributed by atoms with van der Waals surface area (Å²) < 4.78 is 0.816. The summed E-state index contributed by atoms with van der Waals surface area (Å²) in [6.45, 7) is -1.86. The van der Waals surface area contributed by atoms with Crippen LogP contribution in [0.1, 0.15) is 0 Å². The number of isocyanates is 1. The Morgan fingerprint density at radius 3 is 1.80 bits per heavy atom. The van der Waals surface area contributed by atoms with E-state index in [9.17, 15) is 4.79 Å². The molecule has 0 aromatic carbocycles. The van der Waals surface area contributed by atoms with Crippen molar-refractivity contribution >= 4 is 6.08 Å². The van der Waals surface area contributed by atoms with Crippen molar-refractivity contribution in [3.05, 3.63) is 0 Å². The van der Waals surface area contributed by atoms with E-state index in [4.69, 9.17) is 0 Å². The van der Waals surface area contributed by atoms with E-state index >= 15 is 0 Å². The molecule has 10 aliphatic rings. The molecule has 0 aromatic heterocycles. The number of hydrogen-bond acceptors (Lipinski definition) is 2. The molecular weight excluding hydrogens is 230 g/mol. The zero-order valence-electron chi connectivity index (χ0n) is 8.11. The predicted octanol–water partition coefficient (Wildman–Crippen LogP) is 3.08. The quantitative estimate of drug-likeness (QED) is 0.415. The minimum absolute atomic E-state index is 0.816. The van der Waals surface area contributed by atoms with Gasteiger partial charge in [-0.3, -0.25) is 0 Å². The van der Waals surface area contributed by atoms with E-state index in [0.29, 0.717) is 0 Å². The van der Waals surface area contributed by atoms with Gasteiger partial charge in [-0.25, -0.2) is 0 Å². The van der Waals surface area contributed by atoms with Crippen molar-refractivity contribution in [1.29, 1.82) is 0 Å². The fourth-order valence-corrected chi connectivity index (χ4v) is 91.8. The molecule has 2 nitrogen and oxygen atoms in total. The second-order valence-electron chi connectivity index (χ2n) is 10.2. The van der Waals surface area contributed by atoms with Crippen LogP contribution >= 0.6 is 0 Å². The number of carbonyl (C=O) groups excluding carboxylic acids is 1. The van der Waals surface area contributed by atoms with Crippen molar-refractivity contribution in [2.45, 2.75) is 47.7 Å². The second kappa shape index (κ2) is 0.353. The van der Waals surface area contributed by atoms with E-state index in [-0.39, 0.29) is 0 Å². The monoisotopic (exact) mass is 241 g/mol. The summed E-state index contributed by atoms with van der Waals surface area (Å²) in [5.41, 5.74) is 0. The Kier molecular flexibility index (Phi) is 0.119. The summed E-state index contributed by atoms with van der Waals surface area (Å²) in [5, 5.41) is 0. The first-order valence-electron chi connectivity index (χ1n) is 6.36. The maximum absolute atomic E-state index is 10.5. The molecule has 1 spiro atoms. The van der Waals surface area contributed by atoms with E-state index in [2.05, 4.69) is 4.99 Å². The van der Waals surface area contributed by atoms with Gasteiger partial charge in [0, 0.05) is 0 Å². The van der Waals surface area contributed by atoms with E-state index in [1.54, 1.807) is 0 Å². The van der Waals surface area contributed by atoms with Gasteiger partial charge >= 0.3 is 76.6 Å². The Balaban J connectivity index is 1.73. The van der Waals surface area contributed by atoms with Crippen molar-refractivity contribution in [3.63, 3.8) is 0 Å². The number of aliphatic imine (C=N–C) groups is 1. The van der Waals surface area contributed by atoms with Gasteiger partial charge < -0.3 is 0 Å². The van der Waals surface area contributed by atoms with Crippen molar-refractivity contribution in [1.82, 2.24) is 0 Å². The van der Waals surface area contributed by atoms with Crippen molar-refractivity contribution in [2.75, 3.05) is 6.54 Å². The van der Waals surface area contributed by atoms with Crippen LogP contribution in [0.25, 0.3) is 0 Å². The SMILES string of the molecule is O=C=NC[C]12[CH]3[CH]4[CH]5[CH]1[Fe]45321678[CH]2[CH]1[CH]6[CH]7[CH]28. The van der Waals surface area contributed by atoms with Crippen LogP contribution in [-0.4, -0.2) is 12.6 Å². The van der Waals surface area contributed by atoms with Gasteiger partial charge in [0.25, 0.3) is 0 Å². The molecule has 10 saturated heterocycles. The van der Waals surface area contributed by atoms with Gasteiger partial charge in [-0.05, 0) is 0 Å². The number of nitrogens with zero attached hydrogens (tertiary/aromatic N) is 1. The second-order valence-corrected chi connectivity index (χ2v) is 33.9. The predicted molar refractivity (Wildman–Crippen MR) is 49.4 cm³/mol. The molecule has 4 unspecified atom stereocenters. The standard InChI is InChI=1S/C7H6NO.C5H5.Fe/c9-6-8-5-7-3-1-2-4-7;1-2-4-5-3-1;/h1-4H,5H2;1-5H;. The first-order chi connectivity index (χ1) is 7.11. The van der Waals surface area contributed by atoms with Gasteiger partial charge in [-0.15, -0.1) is 0 Å². The van der Waals surface area contributed by atoms with Crippen molar-refractivity contribution in [3.8, 4) is 0 Å². The topological polar surface area (TPSA) is 29.4 Å². The molecule has 10 aliphatic heterocycles. The van der Waals surface area contributed by atoms with Gasteiger partial charge in [0.05, 0.1) is 0 Å². The van der Waals surface area contributed by atoms with Crippen LogP contribution in [-0.2, 0) is 11.3 Å². The van der Waals surface area contributed by atoms with Crippen LogP contribution in [0.2, 0.25) is 47.7 Å². The molecule has 10 fully saturated rings. The zero-order chi connectivity index (χ0) is 9.13. The van der Waals surface area contributed by atoms with Crippen LogP contribution < -0.4 is 0 Å². The van der Waals surface area contributed by atoms with Crippen LogP contribution in [0.3, 0.4) is 0 Å². The van der Waals surface area contributed by atoms with Gasteiger partial charge in [-0.2, -0.15) is 0 Å². The molecule has 0 aromatic rings. The third-order valence-electron chi connectivity index (χ3n) is 15.4. The fourth-order valence-electron chi connectivity index (χ4n) is 17.2. The van der Waals surface area contributed by atoms with E-state index in [0.717, 1.165) is 10.9 Å². The zero-order valence-corrected chi connectivity index (χ0v) is 9.22. The van der Waals surface area contributed by atoms with Gasteiger partial charge in [0.1, 0.15) is 0 Å². The Hall–Kier alpha value is -0.101. The van der Waals surface area contributed by atoms with E-state index in [1.165, 1.54) is 43.3 Å². The molecule has 15 heavy (non-hydrogen) atoms. The van der Waals surface area contributed by atoms with Crippen molar-refractivity contribution in [2.24, 2.45) is 4.99 Å². The molecule has 0 saturated carbocycles. The summed E-state index contributed by atoms with van der Waals surface area (Å²) in [5.74, 6) is 0. The summed E-state index contributed by atoms with van der Waals surface area (Å²) >= 11 is 0. The average molecular weight is 241 g/mol. The number of hydrogen-bond donors (Lipinski definition) is 0. The molecule has 0 amide bonds. The fraction of sp³-hybridized carbons (Fsp3) is 0.917. The maximum atomic E-state index is 10.5. The third kappa shape index (κ3) is 0.0415. The Labute approximate surface area is 76.8 Å². The third-order valence-corrected chi connectivity index (χ3v) is 58.3. The van der Waals surface area contributed by atoms with Crippen LogP contribution in [0.15, 0.2) is 4.99 Å².